The van der Waals surface area contributed by atoms with Crippen LogP contribution in [-0.4, -0.2) is 12.4 Å². The highest BCUT2D eigenvalue weighted by Crippen LogP contribution is 2.22. The zero-order valence-corrected chi connectivity index (χ0v) is 8.48. The predicted octanol–water partition coefficient (Wildman–Crippen LogP) is 2.52. The molecule has 0 aliphatic heterocycles. The maximum Gasteiger partial charge on any atom is 0.138 e. The van der Waals surface area contributed by atoms with Gasteiger partial charge in [0.2, 0.25) is 0 Å². The molecular weight excluding hydrogens is 206 g/mol. The molecule has 0 radical (unpaired) electrons. The third-order valence-electron chi connectivity index (χ3n) is 1.41. The standard InChI is InChI=1S/C9H8ClNOS/c10-8-2-1-7(6-11)9(5-8)12-3-4-13/h1-2,5,13H,3-4H2. The summed E-state index contributed by atoms with van der Waals surface area (Å²) in [4.78, 5) is 0. The van der Waals surface area contributed by atoms with E-state index < -0.39 is 0 Å². The van der Waals surface area contributed by atoms with Crippen molar-refractivity contribution in [2.45, 2.75) is 0 Å². The second kappa shape index (κ2) is 5.00. The lowest BCUT2D eigenvalue weighted by molar-refractivity contribution is 0.343. The van der Waals surface area contributed by atoms with Crippen LogP contribution in [0.3, 0.4) is 0 Å². The molecule has 4 heteroatoms. The minimum absolute atomic E-state index is 0.470. The van der Waals surface area contributed by atoms with Crippen LogP contribution in [-0.2, 0) is 0 Å². The molecule has 0 aliphatic carbocycles. The number of hydrogen-bond donors (Lipinski definition) is 1. The molecule has 0 aliphatic rings. The molecule has 68 valence electrons. The summed E-state index contributed by atoms with van der Waals surface area (Å²) < 4.78 is 5.27. The second-order valence-corrected chi connectivity index (χ2v) is 3.21. The van der Waals surface area contributed by atoms with Crippen molar-refractivity contribution < 1.29 is 4.74 Å². The first-order valence-electron chi connectivity index (χ1n) is 3.71. The van der Waals surface area contributed by atoms with E-state index in [1.807, 2.05) is 6.07 Å². The first kappa shape index (κ1) is 10.2. The molecule has 0 saturated heterocycles. The fourth-order valence-electron chi connectivity index (χ4n) is 0.864. The summed E-state index contributed by atoms with van der Waals surface area (Å²) in [5.74, 6) is 1.13. The van der Waals surface area contributed by atoms with Crippen LogP contribution in [0.2, 0.25) is 5.02 Å². The average molecular weight is 214 g/mol. The summed E-state index contributed by atoms with van der Waals surface area (Å²) in [7, 11) is 0. The van der Waals surface area contributed by atoms with Crippen LogP contribution in [0.4, 0.5) is 0 Å². The topological polar surface area (TPSA) is 33.0 Å². The largest absolute Gasteiger partial charge is 0.491 e. The van der Waals surface area contributed by atoms with Crippen LogP contribution in [0.25, 0.3) is 0 Å². The minimum atomic E-state index is 0.470. The van der Waals surface area contributed by atoms with E-state index in [2.05, 4.69) is 12.6 Å². The van der Waals surface area contributed by atoms with Gasteiger partial charge < -0.3 is 4.74 Å². The van der Waals surface area contributed by atoms with Gasteiger partial charge in [0.05, 0.1) is 12.2 Å². The molecule has 0 bridgehead atoms. The van der Waals surface area contributed by atoms with E-state index in [4.69, 9.17) is 21.6 Å². The van der Waals surface area contributed by atoms with Crippen molar-refractivity contribution in [2.75, 3.05) is 12.4 Å². The molecule has 0 aromatic heterocycles. The normalized spacial score (nSPS) is 9.31. The van der Waals surface area contributed by atoms with Crippen molar-refractivity contribution in [2.24, 2.45) is 0 Å². The Bertz CT molecular complexity index is 335. The van der Waals surface area contributed by atoms with E-state index in [1.165, 1.54) is 0 Å². The lowest BCUT2D eigenvalue weighted by Gasteiger charge is -2.05. The minimum Gasteiger partial charge on any atom is -0.491 e. The number of nitrogens with zero attached hydrogens (tertiary/aromatic N) is 1. The number of halogens is 1. The Hall–Kier alpha value is -0.850. The van der Waals surface area contributed by atoms with E-state index >= 15 is 0 Å². The summed E-state index contributed by atoms with van der Waals surface area (Å²) in [6.45, 7) is 0.470. The lowest BCUT2D eigenvalue weighted by Crippen LogP contribution is -1.99. The van der Waals surface area contributed by atoms with Crippen LogP contribution >= 0.6 is 24.2 Å². The van der Waals surface area contributed by atoms with E-state index in [9.17, 15) is 0 Å². The Labute approximate surface area is 87.5 Å². The van der Waals surface area contributed by atoms with E-state index in [0.717, 1.165) is 0 Å². The van der Waals surface area contributed by atoms with Gasteiger partial charge in [0.25, 0.3) is 0 Å². The summed E-state index contributed by atoms with van der Waals surface area (Å²) in [5.41, 5.74) is 0.492. The zero-order chi connectivity index (χ0) is 9.68. The number of nitriles is 1. The van der Waals surface area contributed by atoms with Gasteiger partial charge in [-0.2, -0.15) is 17.9 Å². The molecule has 1 aromatic rings. The van der Waals surface area contributed by atoms with Gasteiger partial charge in [0.15, 0.2) is 0 Å². The van der Waals surface area contributed by atoms with Crippen molar-refractivity contribution in [1.82, 2.24) is 0 Å². The lowest BCUT2D eigenvalue weighted by atomic mass is 10.2. The van der Waals surface area contributed by atoms with Crippen LogP contribution in [0.5, 0.6) is 5.75 Å². The van der Waals surface area contributed by atoms with E-state index in [-0.39, 0.29) is 0 Å². The molecule has 0 amide bonds. The van der Waals surface area contributed by atoms with Gasteiger partial charge in [-0.1, -0.05) is 11.6 Å². The predicted molar refractivity (Wildman–Crippen MR) is 55.5 cm³/mol. The third kappa shape index (κ3) is 2.83. The summed E-state index contributed by atoms with van der Waals surface area (Å²) in [6, 6.07) is 6.95. The zero-order valence-electron chi connectivity index (χ0n) is 6.83. The Kier molecular flexibility index (Phi) is 3.94. The van der Waals surface area contributed by atoms with Crippen molar-refractivity contribution in [3.05, 3.63) is 28.8 Å². The smallest absolute Gasteiger partial charge is 0.138 e. The first-order chi connectivity index (χ1) is 6.27. The summed E-state index contributed by atoms with van der Waals surface area (Å²) in [6.07, 6.45) is 0. The number of rotatable bonds is 3. The molecule has 0 unspecified atom stereocenters. The van der Waals surface area contributed by atoms with Crippen LogP contribution in [0.15, 0.2) is 18.2 Å². The second-order valence-electron chi connectivity index (χ2n) is 2.32. The van der Waals surface area contributed by atoms with Crippen molar-refractivity contribution in [3.8, 4) is 11.8 Å². The van der Waals surface area contributed by atoms with Crippen LogP contribution in [0.1, 0.15) is 5.56 Å². The molecule has 13 heavy (non-hydrogen) atoms. The van der Waals surface area contributed by atoms with Gasteiger partial charge in [-0.15, -0.1) is 0 Å². The Morgan fingerprint density at radius 1 is 1.54 bits per heavy atom. The highest BCUT2D eigenvalue weighted by molar-refractivity contribution is 7.80. The average Bonchev–Trinajstić information content (AvgIpc) is 2.15. The first-order valence-corrected chi connectivity index (χ1v) is 4.72. The Balaban J connectivity index is 2.89. The Morgan fingerprint density at radius 2 is 2.31 bits per heavy atom. The molecule has 1 rings (SSSR count). The van der Waals surface area contributed by atoms with Crippen molar-refractivity contribution >= 4 is 24.2 Å². The van der Waals surface area contributed by atoms with Gasteiger partial charge in [0.1, 0.15) is 11.8 Å². The summed E-state index contributed by atoms with van der Waals surface area (Å²) in [5, 5.41) is 9.28. The Morgan fingerprint density at radius 3 is 2.92 bits per heavy atom. The molecule has 2 nitrogen and oxygen atoms in total. The number of benzene rings is 1. The molecule has 0 atom stereocenters. The van der Waals surface area contributed by atoms with Gasteiger partial charge >= 0.3 is 0 Å². The molecule has 0 N–H and O–H groups in total. The SMILES string of the molecule is N#Cc1ccc(Cl)cc1OCCS. The van der Waals surface area contributed by atoms with Gasteiger partial charge in [-0.3, -0.25) is 0 Å². The molecule has 0 fully saturated rings. The maximum absolute atomic E-state index is 8.72. The number of ether oxygens (including phenoxy) is 1. The van der Waals surface area contributed by atoms with Gasteiger partial charge in [-0.05, 0) is 12.1 Å². The molecule has 0 heterocycles. The summed E-state index contributed by atoms with van der Waals surface area (Å²) >= 11 is 9.74. The van der Waals surface area contributed by atoms with Crippen molar-refractivity contribution in [1.29, 1.82) is 5.26 Å². The quantitative estimate of drug-likeness (QED) is 0.783. The van der Waals surface area contributed by atoms with E-state index in [1.54, 1.807) is 18.2 Å². The van der Waals surface area contributed by atoms with E-state index in [0.29, 0.717) is 28.7 Å². The number of hydrogen-bond acceptors (Lipinski definition) is 3. The monoisotopic (exact) mass is 213 g/mol. The highest BCUT2D eigenvalue weighted by atomic mass is 35.5. The molecular formula is C9H8ClNOS. The fourth-order valence-corrected chi connectivity index (χ4v) is 1.12. The van der Waals surface area contributed by atoms with Crippen LogP contribution < -0.4 is 4.74 Å². The highest BCUT2D eigenvalue weighted by Gasteiger charge is 2.02. The van der Waals surface area contributed by atoms with Crippen LogP contribution in [0, 0.1) is 11.3 Å². The molecule has 0 saturated carbocycles. The fraction of sp³-hybridized carbons (Fsp3) is 0.222. The molecule has 1 aromatic carbocycles. The number of thiol groups is 1. The third-order valence-corrected chi connectivity index (χ3v) is 1.83. The van der Waals surface area contributed by atoms with Crippen molar-refractivity contribution in [3.63, 3.8) is 0 Å². The van der Waals surface area contributed by atoms with Gasteiger partial charge in [0, 0.05) is 16.8 Å². The maximum atomic E-state index is 8.72. The molecule has 0 spiro atoms. The van der Waals surface area contributed by atoms with Gasteiger partial charge in [-0.25, -0.2) is 0 Å².